The fourth-order valence-corrected chi connectivity index (χ4v) is 2.22. The highest BCUT2D eigenvalue weighted by atomic mass is 16.2. The summed E-state index contributed by atoms with van der Waals surface area (Å²) in [5.74, 6) is -0.812. The molecule has 3 N–H and O–H groups in total. The van der Waals surface area contributed by atoms with Gasteiger partial charge in [0.05, 0.1) is 0 Å². The monoisotopic (exact) mass is 318 g/mol. The number of amides is 2. The molecule has 2 amide bonds. The number of carbonyl (C=O) groups excluding carboxylic acids is 2. The number of carbonyl (C=O) groups is 2. The number of anilines is 1. The maximum Gasteiger partial charge on any atom is 0.255 e. The van der Waals surface area contributed by atoms with Crippen LogP contribution in [-0.4, -0.2) is 21.8 Å². The molecule has 118 valence electrons. The summed E-state index contributed by atoms with van der Waals surface area (Å²) in [5.41, 5.74) is 8.38. The van der Waals surface area contributed by atoms with Crippen LogP contribution in [0.2, 0.25) is 0 Å². The van der Waals surface area contributed by atoms with E-state index in [0.717, 1.165) is 11.1 Å². The summed E-state index contributed by atoms with van der Waals surface area (Å²) in [6, 6.07) is 13.6. The van der Waals surface area contributed by atoms with Crippen LogP contribution in [0.15, 0.2) is 67.3 Å². The minimum Gasteiger partial charge on any atom is -0.366 e. The van der Waals surface area contributed by atoms with Crippen molar-refractivity contribution in [1.29, 1.82) is 0 Å². The lowest BCUT2D eigenvalue weighted by atomic mass is 10.1. The standard InChI is InChI=1S/C18H14N4O2/c19-17(23)14-2-1-3-16(8-14)22-18(24)13-6-4-12(5-7-13)15-9-20-11-21-10-15/h1-11H,(H2,19,23)(H,22,24). The van der Waals surface area contributed by atoms with Crippen LogP contribution in [-0.2, 0) is 0 Å². The minimum absolute atomic E-state index is 0.271. The number of hydrogen-bond acceptors (Lipinski definition) is 4. The molecule has 0 aliphatic rings. The summed E-state index contributed by atoms with van der Waals surface area (Å²) in [6.07, 6.45) is 4.88. The zero-order chi connectivity index (χ0) is 16.9. The highest BCUT2D eigenvalue weighted by molar-refractivity contribution is 6.05. The molecule has 0 unspecified atom stereocenters. The van der Waals surface area contributed by atoms with Crippen LogP contribution in [0.4, 0.5) is 5.69 Å². The van der Waals surface area contributed by atoms with Crippen LogP contribution >= 0.6 is 0 Å². The van der Waals surface area contributed by atoms with E-state index in [0.29, 0.717) is 16.8 Å². The Hall–Kier alpha value is -3.54. The molecular weight excluding hydrogens is 304 g/mol. The molecular formula is C18H14N4O2. The van der Waals surface area contributed by atoms with E-state index in [1.807, 2.05) is 12.1 Å². The van der Waals surface area contributed by atoms with Crippen LogP contribution in [0.1, 0.15) is 20.7 Å². The number of primary amides is 1. The Morgan fingerprint density at radius 1 is 0.875 bits per heavy atom. The molecule has 0 bridgehead atoms. The molecule has 0 fully saturated rings. The van der Waals surface area contributed by atoms with Crippen molar-refractivity contribution in [2.45, 2.75) is 0 Å². The number of rotatable bonds is 4. The topological polar surface area (TPSA) is 98.0 Å². The lowest BCUT2D eigenvalue weighted by Crippen LogP contribution is -2.14. The predicted octanol–water partition coefficient (Wildman–Crippen LogP) is 2.49. The normalized spacial score (nSPS) is 10.2. The van der Waals surface area contributed by atoms with Crippen molar-refractivity contribution in [3.05, 3.63) is 78.4 Å². The maximum absolute atomic E-state index is 12.3. The second-order valence-electron chi connectivity index (χ2n) is 5.10. The van der Waals surface area contributed by atoms with Gasteiger partial charge in [0, 0.05) is 34.8 Å². The minimum atomic E-state index is -0.541. The summed E-state index contributed by atoms with van der Waals surface area (Å²) in [4.78, 5) is 31.4. The molecule has 6 heteroatoms. The van der Waals surface area contributed by atoms with E-state index in [1.165, 1.54) is 12.4 Å². The van der Waals surface area contributed by atoms with Gasteiger partial charge in [0.2, 0.25) is 5.91 Å². The summed E-state index contributed by atoms with van der Waals surface area (Å²) < 4.78 is 0. The number of benzene rings is 2. The van der Waals surface area contributed by atoms with Crippen molar-refractivity contribution in [2.75, 3.05) is 5.32 Å². The van der Waals surface area contributed by atoms with E-state index in [4.69, 9.17) is 5.73 Å². The smallest absolute Gasteiger partial charge is 0.255 e. The second kappa shape index (κ2) is 6.70. The van der Waals surface area contributed by atoms with Crippen LogP contribution < -0.4 is 11.1 Å². The Balaban J connectivity index is 1.76. The number of nitrogens with zero attached hydrogens (tertiary/aromatic N) is 2. The predicted molar refractivity (Wildman–Crippen MR) is 90.4 cm³/mol. The van der Waals surface area contributed by atoms with Crippen molar-refractivity contribution in [1.82, 2.24) is 9.97 Å². The first kappa shape index (κ1) is 15.4. The zero-order valence-corrected chi connectivity index (χ0v) is 12.6. The van der Waals surface area contributed by atoms with Crippen LogP contribution in [0, 0.1) is 0 Å². The molecule has 0 aliphatic heterocycles. The highest BCUT2D eigenvalue weighted by Crippen LogP contribution is 2.18. The molecule has 0 aliphatic carbocycles. The molecule has 24 heavy (non-hydrogen) atoms. The summed E-state index contributed by atoms with van der Waals surface area (Å²) in [5, 5.41) is 2.74. The summed E-state index contributed by atoms with van der Waals surface area (Å²) in [7, 11) is 0. The maximum atomic E-state index is 12.3. The van der Waals surface area contributed by atoms with Gasteiger partial charge >= 0.3 is 0 Å². The van der Waals surface area contributed by atoms with Crippen LogP contribution in [0.3, 0.4) is 0 Å². The number of aromatic nitrogens is 2. The molecule has 3 aromatic rings. The van der Waals surface area contributed by atoms with E-state index in [2.05, 4.69) is 15.3 Å². The summed E-state index contributed by atoms with van der Waals surface area (Å²) in [6.45, 7) is 0. The van der Waals surface area contributed by atoms with E-state index in [-0.39, 0.29) is 5.91 Å². The van der Waals surface area contributed by atoms with E-state index in [1.54, 1.807) is 42.7 Å². The Morgan fingerprint density at radius 3 is 2.25 bits per heavy atom. The summed E-state index contributed by atoms with van der Waals surface area (Å²) >= 11 is 0. The van der Waals surface area contributed by atoms with E-state index < -0.39 is 5.91 Å². The van der Waals surface area contributed by atoms with Gasteiger partial charge in [-0.05, 0) is 35.9 Å². The molecule has 0 saturated heterocycles. The third-order valence-corrected chi connectivity index (χ3v) is 3.45. The molecule has 0 saturated carbocycles. The van der Waals surface area contributed by atoms with Gasteiger partial charge in [-0.25, -0.2) is 9.97 Å². The third kappa shape index (κ3) is 3.44. The first-order valence-corrected chi connectivity index (χ1v) is 7.20. The quantitative estimate of drug-likeness (QED) is 0.772. The van der Waals surface area contributed by atoms with Crippen molar-refractivity contribution >= 4 is 17.5 Å². The SMILES string of the molecule is NC(=O)c1cccc(NC(=O)c2ccc(-c3cncnc3)cc2)c1. The number of nitrogens with two attached hydrogens (primary N) is 1. The Labute approximate surface area is 138 Å². The van der Waals surface area contributed by atoms with Gasteiger partial charge in [-0.2, -0.15) is 0 Å². The van der Waals surface area contributed by atoms with E-state index in [9.17, 15) is 9.59 Å². The first-order valence-electron chi connectivity index (χ1n) is 7.20. The first-order chi connectivity index (χ1) is 11.6. The van der Waals surface area contributed by atoms with Gasteiger partial charge in [-0.3, -0.25) is 9.59 Å². The van der Waals surface area contributed by atoms with Crippen molar-refractivity contribution in [3.8, 4) is 11.1 Å². The lowest BCUT2D eigenvalue weighted by Gasteiger charge is -2.07. The molecule has 1 aromatic heterocycles. The van der Waals surface area contributed by atoms with Crippen molar-refractivity contribution < 1.29 is 9.59 Å². The fourth-order valence-electron chi connectivity index (χ4n) is 2.22. The highest BCUT2D eigenvalue weighted by Gasteiger charge is 2.08. The average molecular weight is 318 g/mol. The Kier molecular flexibility index (Phi) is 4.29. The number of nitrogens with one attached hydrogen (secondary N) is 1. The largest absolute Gasteiger partial charge is 0.366 e. The molecule has 6 nitrogen and oxygen atoms in total. The van der Waals surface area contributed by atoms with Gasteiger partial charge in [-0.15, -0.1) is 0 Å². The Morgan fingerprint density at radius 2 is 1.58 bits per heavy atom. The lowest BCUT2D eigenvalue weighted by molar-refractivity contribution is 0.0996. The zero-order valence-electron chi connectivity index (χ0n) is 12.6. The van der Waals surface area contributed by atoms with Gasteiger partial charge in [0.25, 0.3) is 5.91 Å². The van der Waals surface area contributed by atoms with Crippen LogP contribution in [0.5, 0.6) is 0 Å². The fraction of sp³-hybridized carbons (Fsp3) is 0. The molecule has 0 atom stereocenters. The van der Waals surface area contributed by atoms with Gasteiger partial charge < -0.3 is 11.1 Å². The van der Waals surface area contributed by atoms with Crippen LogP contribution in [0.25, 0.3) is 11.1 Å². The average Bonchev–Trinajstić information content (AvgIpc) is 2.63. The van der Waals surface area contributed by atoms with Crippen molar-refractivity contribution in [3.63, 3.8) is 0 Å². The third-order valence-electron chi connectivity index (χ3n) is 3.45. The van der Waals surface area contributed by atoms with Gasteiger partial charge in [0.15, 0.2) is 0 Å². The van der Waals surface area contributed by atoms with E-state index >= 15 is 0 Å². The molecule has 1 heterocycles. The Bertz CT molecular complexity index is 877. The molecule has 2 aromatic carbocycles. The second-order valence-corrected chi connectivity index (χ2v) is 5.10. The van der Waals surface area contributed by atoms with Gasteiger partial charge in [0.1, 0.15) is 6.33 Å². The molecule has 3 rings (SSSR count). The number of hydrogen-bond donors (Lipinski definition) is 2. The molecule has 0 spiro atoms. The van der Waals surface area contributed by atoms with Crippen molar-refractivity contribution in [2.24, 2.45) is 5.73 Å². The molecule has 0 radical (unpaired) electrons. The van der Waals surface area contributed by atoms with Gasteiger partial charge in [-0.1, -0.05) is 18.2 Å².